The maximum Gasteiger partial charge on any atom is 0.138 e. The van der Waals surface area contributed by atoms with Gasteiger partial charge in [0, 0.05) is 35.8 Å². The molecule has 4 aromatic heterocycles. The summed E-state index contributed by atoms with van der Waals surface area (Å²) in [5, 5.41) is 2.07. The summed E-state index contributed by atoms with van der Waals surface area (Å²) in [7, 11) is 1.65. The largest absolute Gasteiger partial charge is 0.490 e. The minimum Gasteiger partial charge on any atom is -0.490 e. The lowest BCUT2D eigenvalue weighted by Gasteiger charge is -2.04. The molecule has 0 aliphatic carbocycles. The van der Waals surface area contributed by atoms with Crippen molar-refractivity contribution in [1.29, 1.82) is 0 Å². The van der Waals surface area contributed by atoms with Gasteiger partial charge < -0.3 is 14.5 Å². The third kappa shape index (κ3) is 2.68. The molecule has 4 heterocycles. The van der Waals surface area contributed by atoms with Gasteiger partial charge in [-0.05, 0) is 24.3 Å². The van der Waals surface area contributed by atoms with E-state index in [1.165, 1.54) is 0 Å². The van der Waals surface area contributed by atoms with Crippen molar-refractivity contribution in [1.82, 2.24) is 19.9 Å². The van der Waals surface area contributed by atoms with Gasteiger partial charge in [-0.25, -0.2) is 4.98 Å². The molecule has 0 saturated heterocycles. The predicted molar refractivity (Wildman–Crippen MR) is 92.0 cm³/mol. The van der Waals surface area contributed by atoms with Crippen LogP contribution in [-0.4, -0.2) is 40.3 Å². The molecule has 120 valence electrons. The highest BCUT2D eigenvalue weighted by Gasteiger charge is 2.09. The van der Waals surface area contributed by atoms with Gasteiger partial charge in [0.15, 0.2) is 0 Å². The maximum absolute atomic E-state index is 5.66. The summed E-state index contributed by atoms with van der Waals surface area (Å²) in [6.07, 6.45) is 7.09. The Labute approximate surface area is 138 Å². The molecule has 4 rings (SSSR count). The van der Waals surface area contributed by atoms with Crippen LogP contribution >= 0.6 is 0 Å². The van der Waals surface area contributed by atoms with Crippen LogP contribution in [0.4, 0.5) is 0 Å². The Morgan fingerprint density at radius 2 is 2.00 bits per heavy atom. The molecule has 0 unspecified atom stereocenters. The SMILES string of the molecule is COCCOc1cnc2[nH]c3cnc(-c4cccnc4)cc3c2c1. The minimum absolute atomic E-state index is 0.495. The molecule has 0 spiro atoms. The van der Waals surface area contributed by atoms with E-state index in [2.05, 4.69) is 19.9 Å². The van der Waals surface area contributed by atoms with Gasteiger partial charge in [0.25, 0.3) is 0 Å². The molecule has 0 amide bonds. The highest BCUT2D eigenvalue weighted by Crippen LogP contribution is 2.29. The van der Waals surface area contributed by atoms with E-state index in [0.29, 0.717) is 13.2 Å². The average molecular weight is 320 g/mol. The molecule has 0 atom stereocenters. The first kappa shape index (κ1) is 14.6. The topological polar surface area (TPSA) is 72.9 Å². The van der Waals surface area contributed by atoms with Gasteiger partial charge in [-0.3, -0.25) is 9.97 Å². The lowest BCUT2D eigenvalue weighted by molar-refractivity contribution is 0.146. The molecule has 0 saturated carbocycles. The summed E-state index contributed by atoms with van der Waals surface area (Å²) in [4.78, 5) is 16.4. The number of aromatic amines is 1. The minimum atomic E-state index is 0.495. The van der Waals surface area contributed by atoms with E-state index < -0.39 is 0 Å². The van der Waals surface area contributed by atoms with Crippen molar-refractivity contribution in [3.63, 3.8) is 0 Å². The quantitative estimate of drug-likeness (QED) is 0.572. The number of H-pyrrole nitrogens is 1. The monoisotopic (exact) mass is 320 g/mol. The molecule has 24 heavy (non-hydrogen) atoms. The van der Waals surface area contributed by atoms with Crippen LogP contribution in [0, 0.1) is 0 Å². The van der Waals surface area contributed by atoms with Crippen LogP contribution in [0.15, 0.2) is 49.1 Å². The molecule has 0 radical (unpaired) electrons. The lowest BCUT2D eigenvalue weighted by atomic mass is 10.1. The van der Waals surface area contributed by atoms with E-state index in [9.17, 15) is 0 Å². The standard InChI is InChI=1S/C18H16N4O2/c1-23-5-6-24-13-7-15-14-8-16(12-3-2-4-19-9-12)20-11-17(14)22-18(15)21-10-13/h2-4,7-11H,5-6H2,1H3,(H,21,22). The summed E-state index contributed by atoms with van der Waals surface area (Å²) < 4.78 is 10.7. The highest BCUT2D eigenvalue weighted by atomic mass is 16.5. The molecule has 1 N–H and O–H groups in total. The predicted octanol–water partition coefficient (Wildman–Crippen LogP) is 3.20. The zero-order valence-corrected chi connectivity index (χ0v) is 13.2. The average Bonchev–Trinajstić information content (AvgIpc) is 3.00. The van der Waals surface area contributed by atoms with Gasteiger partial charge in [0.05, 0.1) is 30.2 Å². The number of nitrogens with one attached hydrogen (secondary N) is 1. The number of pyridine rings is 3. The molecule has 6 nitrogen and oxygen atoms in total. The number of hydrogen-bond acceptors (Lipinski definition) is 5. The molecule has 0 aliphatic heterocycles. The molecule has 0 aromatic carbocycles. The first-order valence-electron chi connectivity index (χ1n) is 7.65. The first-order valence-corrected chi connectivity index (χ1v) is 7.65. The van der Waals surface area contributed by atoms with E-state index >= 15 is 0 Å². The van der Waals surface area contributed by atoms with Crippen molar-refractivity contribution >= 4 is 21.9 Å². The number of aromatic nitrogens is 4. The van der Waals surface area contributed by atoms with E-state index in [1.807, 2.05) is 30.5 Å². The summed E-state index contributed by atoms with van der Waals surface area (Å²) >= 11 is 0. The van der Waals surface area contributed by atoms with Crippen molar-refractivity contribution in [3.8, 4) is 17.0 Å². The number of methoxy groups -OCH3 is 1. The smallest absolute Gasteiger partial charge is 0.138 e. The fraction of sp³-hybridized carbons (Fsp3) is 0.167. The Hall–Kier alpha value is -2.99. The van der Waals surface area contributed by atoms with Crippen LogP contribution < -0.4 is 4.74 Å². The Balaban J connectivity index is 1.79. The van der Waals surface area contributed by atoms with Crippen molar-refractivity contribution in [2.24, 2.45) is 0 Å². The van der Waals surface area contributed by atoms with Gasteiger partial charge in [0.2, 0.25) is 0 Å². The fourth-order valence-corrected chi connectivity index (χ4v) is 2.65. The Kier molecular flexibility index (Phi) is 3.80. The van der Waals surface area contributed by atoms with Crippen LogP contribution in [0.2, 0.25) is 0 Å². The van der Waals surface area contributed by atoms with Crippen LogP contribution in [0.1, 0.15) is 0 Å². The van der Waals surface area contributed by atoms with Gasteiger partial charge in [-0.1, -0.05) is 0 Å². The molecule has 0 fully saturated rings. The first-order chi connectivity index (χ1) is 11.8. The lowest BCUT2D eigenvalue weighted by Crippen LogP contribution is -2.04. The van der Waals surface area contributed by atoms with Crippen molar-refractivity contribution in [2.75, 3.05) is 20.3 Å². The van der Waals surface area contributed by atoms with E-state index in [0.717, 1.165) is 38.9 Å². The molecule has 0 bridgehead atoms. The molecular formula is C18H16N4O2. The van der Waals surface area contributed by atoms with Gasteiger partial charge in [-0.2, -0.15) is 0 Å². The zero-order chi connectivity index (χ0) is 16.4. The fourth-order valence-electron chi connectivity index (χ4n) is 2.65. The van der Waals surface area contributed by atoms with Crippen molar-refractivity contribution in [2.45, 2.75) is 0 Å². The summed E-state index contributed by atoms with van der Waals surface area (Å²) in [5.41, 5.74) is 3.62. The number of fused-ring (bicyclic) bond motifs is 3. The number of hydrogen-bond donors (Lipinski definition) is 1. The van der Waals surface area contributed by atoms with Crippen LogP contribution in [0.25, 0.3) is 33.2 Å². The normalized spacial score (nSPS) is 11.2. The molecule has 6 heteroatoms. The second-order valence-corrected chi connectivity index (χ2v) is 5.39. The number of ether oxygens (including phenoxy) is 2. The summed E-state index contributed by atoms with van der Waals surface area (Å²) in [6.45, 7) is 1.04. The van der Waals surface area contributed by atoms with E-state index in [4.69, 9.17) is 9.47 Å². The Morgan fingerprint density at radius 1 is 1.04 bits per heavy atom. The third-order valence-corrected chi connectivity index (χ3v) is 3.82. The van der Waals surface area contributed by atoms with E-state index in [-0.39, 0.29) is 0 Å². The van der Waals surface area contributed by atoms with Crippen molar-refractivity contribution in [3.05, 3.63) is 49.1 Å². The van der Waals surface area contributed by atoms with Crippen LogP contribution in [0.3, 0.4) is 0 Å². The van der Waals surface area contributed by atoms with Gasteiger partial charge in [0.1, 0.15) is 18.0 Å². The zero-order valence-electron chi connectivity index (χ0n) is 13.2. The van der Waals surface area contributed by atoms with E-state index in [1.54, 1.807) is 25.7 Å². The summed E-state index contributed by atoms with van der Waals surface area (Å²) in [6, 6.07) is 7.93. The van der Waals surface area contributed by atoms with Crippen LogP contribution in [-0.2, 0) is 4.74 Å². The van der Waals surface area contributed by atoms with Gasteiger partial charge >= 0.3 is 0 Å². The second-order valence-electron chi connectivity index (χ2n) is 5.39. The highest BCUT2D eigenvalue weighted by molar-refractivity contribution is 6.06. The molecule has 4 aromatic rings. The number of nitrogens with zero attached hydrogens (tertiary/aromatic N) is 3. The molecular weight excluding hydrogens is 304 g/mol. The third-order valence-electron chi connectivity index (χ3n) is 3.82. The van der Waals surface area contributed by atoms with Crippen molar-refractivity contribution < 1.29 is 9.47 Å². The molecule has 0 aliphatic rings. The second kappa shape index (κ2) is 6.25. The number of rotatable bonds is 5. The Morgan fingerprint density at radius 3 is 2.83 bits per heavy atom. The van der Waals surface area contributed by atoms with Gasteiger partial charge in [-0.15, -0.1) is 0 Å². The van der Waals surface area contributed by atoms with Crippen LogP contribution in [0.5, 0.6) is 5.75 Å². The maximum atomic E-state index is 5.66. The Bertz CT molecular complexity index is 982. The summed E-state index contributed by atoms with van der Waals surface area (Å²) in [5.74, 6) is 0.722.